The summed E-state index contributed by atoms with van der Waals surface area (Å²) in [7, 11) is 2.11. The van der Waals surface area contributed by atoms with E-state index >= 15 is 0 Å². The number of hydrogen-bond acceptors (Lipinski definition) is 2. The topological polar surface area (TPSA) is 12.5 Å². The van der Waals surface area contributed by atoms with Gasteiger partial charge in [0.25, 0.3) is 0 Å². The number of benzene rings is 3. The van der Waals surface area contributed by atoms with E-state index in [1.807, 2.05) is 0 Å². The van der Waals surface area contributed by atoms with Crippen molar-refractivity contribution in [3.8, 4) is 16.9 Å². The Balaban J connectivity index is 1.77. The Kier molecular flexibility index (Phi) is 2.87. The van der Waals surface area contributed by atoms with E-state index in [4.69, 9.17) is 4.74 Å². The molecular formula is C23H19NO. The lowest BCUT2D eigenvalue weighted by atomic mass is 9.84. The number of nitrogens with zero attached hydrogens (tertiary/aromatic N) is 1. The van der Waals surface area contributed by atoms with E-state index < -0.39 is 5.72 Å². The van der Waals surface area contributed by atoms with Gasteiger partial charge in [0.2, 0.25) is 5.72 Å². The predicted molar refractivity (Wildman–Crippen MR) is 103 cm³/mol. The molecule has 25 heavy (non-hydrogen) atoms. The predicted octanol–water partition coefficient (Wildman–Crippen LogP) is 5.37. The Labute approximate surface area is 148 Å². The second-order valence-electron chi connectivity index (χ2n) is 6.79. The lowest BCUT2D eigenvalue weighted by Crippen LogP contribution is -2.50. The largest absolute Gasteiger partial charge is 0.459 e. The van der Waals surface area contributed by atoms with Crippen molar-refractivity contribution in [2.45, 2.75) is 12.6 Å². The summed E-state index contributed by atoms with van der Waals surface area (Å²) >= 11 is 0. The first-order valence-corrected chi connectivity index (χ1v) is 8.61. The Bertz CT molecular complexity index is 1020. The second kappa shape index (κ2) is 5.00. The van der Waals surface area contributed by atoms with Crippen molar-refractivity contribution in [3.63, 3.8) is 0 Å². The molecule has 3 aromatic carbocycles. The van der Waals surface area contributed by atoms with Crippen LogP contribution in [0.5, 0.6) is 5.75 Å². The average Bonchev–Trinajstić information content (AvgIpc) is 2.66. The van der Waals surface area contributed by atoms with E-state index in [0.29, 0.717) is 0 Å². The first-order valence-electron chi connectivity index (χ1n) is 8.61. The molecule has 0 aliphatic carbocycles. The fourth-order valence-corrected chi connectivity index (χ4v) is 4.00. The van der Waals surface area contributed by atoms with Crippen LogP contribution in [0.1, 0.15) is 16.7 Å². The minimum atomic E-state index is -0.618. The summed E-state index contributed by atoms with van der Waals surface area (Å²) in [5, 5.41) is 0. The van der Waals surface area contributed by atoms with E-state index in [9.17, 15) is 0 Å². The standard InChI is InChI=1S/C23H19NO/c1-16-11-12-22-17(15-16)13-14-23(25-22)20-9-5-3-7-18(20)19-8-4-6-10-21(19)24(23)2/h3-15H,1-2H3. The first-order chi connectivity index (χ1) is 12.2. The fourth-order valence-electron chi connectivity index (χ4n) is 4.00. The molecule has 2 heterocycles. The molecule has 0 saturated carbocycles. The highest BCUT2D eigenvalue weighted by atomic mass is 16.5. The van der Waals surface area contributed by atoms with E-state index in [1.54, 1.807) is 0 Å². The molecule has 0 bridgehead atoms. The summed E-state index contributed by atoms with van der Waals surface area (Å²) < 4.78 is 6.65. The van der Waals surface area contributed by atoms with Gasteiger partial charge < -0.3 is 9.64 Å². The van der Waals surface area contributed by atoms with Crippen molar-refractivity contribution in [2.75, 3.05) is 11.9 Å². The number of likely N-dealkylation sites (N-methyl/N-ethyl adjacent to an activating group) is 1. The molecule has 0 saturated heterocycles. The third-order valence-corrected chi connectivity index (χ3v) is 5.29. The summed E-state index contributed by atoms with van der Waals surface area (Å²) in [4.78, 5) is 2.24. The van der Waals surface area contributed by atoms with Gasteiger partial charge in [-0.3, -0.25) is 0 Å². The maximum absolute atomic E-state index is 6.65. The number of ether oxygens (including phenoxy) is 1. The van der Waals surface area contributed by atoms with Crippen molar-refractivity contribution in [1.82, 2.24) is 0 Å². The highest BCUT2D eigenvalue weighted by molar-refractivity contribution is 5.86. The molecule has 1 spiro atoms. The maximum atomic E-state index is 6.65. The van der Waals surface area contributed by atoms with Crippen LogP contribution in [0.2, 0.25) is 0 Å². The molecule has 2 heteroatoms. The molecular weight excluding hydrogens is 306 g/mol. The third-order valence-electron chi connectivity index (χ3n) is 5.29. The molecule has 122 valence electrons. The van der Waals surface area contributed by atoms with Crippen LogP contribution in [0.25, 0.3) is 17.2 Å². The minimum Gasteiger partial charge on any atom is -0.459 e. The van der Waals surface area contributed by atoms with Crippen LogP contribution >= 0.6 is 0 Å². The van der Waals surface area contributed by atoms with Gasteiger partial charge in [-0.1, -0.05) is 54.1 Å². The molecule has 0 aromatic heterocycles. The monoisotopic (exact) mass is 325 g/mol. The Morgan fingerprint density at radius 3 is 2.52 bits per heavy atom. The van der Waals surface area contributed by atoms with Crippen molar-refractivity contribution in [3.05, 3.63) is 89.5 Å². The van der Waals surface area contributed by atoms with Crippen LogP contribution in [0.15, 0.2) is 72.8 Å². The van der Waals surface area contributed by atoms with Crippen molar-refractivity contribution in [1.29, 1.82) is 0 Å². The minimum absolute atomic E-state index is 0.618. The van der Waals surface area contributed by atoms with Crippen LogP contribution in [-0.4, -0.2) is 7.05 Å². The first kappa shape index (κ1) is 14.4. The summed E-state index contributed by atoms with van der Waals surface area (Å²) in [6, 6.07) is 23.4. The summed E-state index contributed by atoms with van der Waals surface area (Å²) in [5.41, 5.74) is 6.60. The highest BCUT2D eigenvalue weighted by Crippen LogP contribution is 2.50. The van der Waals surface area contributed by atoms with Crippen LogP contribution in [0.4, 0.5) is 5.69 Å². The van der Waals surface area contributed by atoms with Crippen LogP contribution < -0.4 is 9.64 Å². The molecule has 2 aliphatic rings. The van der Waals surface area contributed by atoms with Crippen LogP contribution in [0, 0.1) is 6.92 Å². The average molecular weight is 325 g/mol. The smallest absolute Gasteiger partial charge is 0.229 e. The quantitative estimate of drug-likeness (QED) is 0.551. The zero-order valence-electron chi connectivity index (χ0n) is 14.4. The van der Waals surface area contributed by atoms with E-state index in [0.717, 1.165) is 11.3 Å². The molecule has 0 N–H and O–H groups in total. The SMILES string of the molecule is Cc1ccc2c(c1)C=CC1(O2)c2ccccc2-c2ccccc2N1C. The van der Waals surface area contributed by atoms with Crippen molar-refractivity contribution in [2.24, 2.45) is 0 Å². The van der Waals surface area contributed by atoms with Gasteiger partial charge in [-0.2, -0.15) is 0 Å². The molecule has 1 atom stereocenters. The molecule has 1 unspecified atom stereocenters. The fraction of sp³-hybridized carbons (Fsp3) is 0.130. The van der Waals surface area contributed by atoms with Gasteiger partial charge in [0.05, 0.1) is 0 Å². The van der Waals surface area contributed by atoms with Crippen molar-refractivity contribution >= 4 is 11.8 Å². The Hall–Kier alpha value is -3.00. The van der Waals surface area contributed by atoms with Gasteiger partial charge in [-0.05, 0) is 42.8 Å². The van der Waals surface area contributed by atoms with E-state index in [1.165, 1.54) is 27.9 Å². The third kappa shape index (κ3) is 1.91. The highest BCUT2D eigenvalue weighted by Gasteiger charge is 2.44. The number of hydrogen-bond donors (Lipinski definition) is 0. The number of fused-ring (bicyclic) bond motifs is 5. The Morgan fingerprint density at radius 1 is 0.880 bits per heavy atom. The van der Waals surface area contributed by atoms with Crippen LogP contribution in [-0.2, 0) is 5.72 Å². The molecule has 0 fully saturated rings. The molecule has 5 rings (SSSR count). The van der Waals surface area contributed by atoms with Crippen molar-refractivity contribution < 1.29 is 4.74 Å². The number of para-hydroxylation sites is 1. The maximum Gasteiger partial charge on any atom is 0.229 e. The summed E-state index contributed by atoms with van der Waals surface area (Å²) in [6.45, 7) is 2.11. The Morgan fingerprint density at radius 2 is 1.64 bits per heavy atom. The number of rotatable bonds is 0. The summed E-state index contributed by atoms with van der Waals surface area (Å²) in [6.07, 6.45) is 4.37. The molecule has 2 nitrogen and oxygen atoms in total. The van der Waals surface area contributed by atoms with E-state index in [2.05, 4.69) is 97.8 Å². The molecule has 3 aromatic rings. The molecule has 0 amide bonds. The van der Waals surface area contributed by atoms with Gasteiger partial charge in [0.1, 0.15) is 5.75 Å². The lowest BCUT2D eigenvalue weighted by Gasteiger charge is -2.47. The van der Waals surface area contributed by atoms with Gasteiger partial charge >= 0.3 is 0 Å². The second-order valence-corrected chi connectivity index (χ2v) is 6.79. The lowest BCUT2D eigenvalue weighted by molar-refractivity contribution is 0.116. The zero-order chi connectivity index (χ0) is 17.0. The van der Waals surface area contributed by atoms with E-state index in [-0.39, 0.29) is 0 Å². The molecule has 0 radical (unpaired) electrons. The van der Waals surface area contributed by atoms with Gasteiger partial charge in [0.15, 0.2) is 0 Å². The number of anilines is 1. The normalized spacial score (nSPS) is 19.8. The summed E-state index contributed by atoms with van der Waals surface area (Å²) in [5.74, 6) is 0.925. The van der Waals surface area contributed by atoms with Gasteiger partial charge in [-0.25, -0.2) is 0 Å². The zero-order valence-corrected chi connectivity index (χ0v) is 14.4. The van der Waals surface area contributed by atoms with Gasteiger partial charge in [-0.15, -0.1) is 0 Å². The number of aryl methyl sites for hydroxylation is 1. The van der Waals surface area contributed by atoms with Crippen LogP contribution in [0.3, 0.4) is 0 Å². The molecule has 2 aliphatic heterocycles. The van der Waals surface area contributed by atoms with Gasteiger partial charge in [0, 0.05) is 29.4 Å².